The maximum Gasteiger partial charge on any atom is 0.522 e. The zero-order valence-corrected chi connectivity index (χ0v) is 7.98. The molecule has 14 heavy (non-hydrogen) atoms. The SMILES string of the molecule is C=CCCCO.O=S(=O)(O)C(F)(F)F. The average molecular weight is 236 g/mol. The fourth-order valence-electron chi connectivity index (χ4n) is 0.236. The van der Waals surface area contributed by atoms with Crippen LogP contribution in [0.25, 0.3) is 0 Å². The lowest BCUT2D eigenvalue weighted by molar-refractivity contribution is -0.0510. The molecule has 0 fully saturated rings. The van der Waals surface area contributed by atoms with Crippen LogP contribution in [0.5, 0.6) is 0 Å². The van der Waals surface area contributed by atoms with Crippen molar-refractivity contribution in [3.05, 3.63) is 12.7 Å². The van der Waals surface area contributed by atoms with Crippen LogP contribution in [0.4, 0.5) is 13.2 Å². The fourth-order valence-corrected chi connectivity index (χ4v) is 0.236. The lowest BCUT2D eigenvalue weighted by atomic mass is 10.3. The third-order valence-corrected chi connectivity index (χ3v) is 1.44. The van der Waals surface area contributed by atoms with Gasteiger partial charge in [0, 0.05) is 6.61 Å². The van der Waals surface area contributed by atoms with E-state index in [1.54, 1.807) is 6.08 Å². The summed E-state index contributed by atoms with van der Waals surface area (Å²) < 4.78 is 57.5. The summed E-state index contributed by atoms with van der Waals surface area (Å²) in [5, 5.41) is 8.15. The van der Waals surface area contributed by atoms with E-state index in [2.05, 4.69) is 6.58 Å². The van der Waals surface area contributed by atoms with Gasteiger partial charge >= 0.3 is 15.6 Å². The molecule has 0 amide bonds. The third-order valence-electron chi connectivity index (χ3n) is 0.859. The van der Waals surface area contributed by atoms with Crippen molar-refractivity contribution < 1.29 is 31.2 Å². The van der Waals surface area contributed by atoms with Gasteiger partial charge in [-0.15, -0.1) is 6.58 Å². The molecule has 0 atom stereocenters. The van der Waals surface area contributed by atoms with E-state index in [9.17, 15) is 13.2 Å². The minimum atomic E-state index is -5.84. The first-order valence-electron chi connectivity index (χ1n) is 3.42. The van der Waals surface area contributed by atoms with E-state index in [0.29, 0.717) is 0 Å². The first-order chi connectivity index (χ1) is 6.16. The van der Waals surface area contributed by atoms with Crippen molar-refractivity contribution in [1.29, 1.82) is 0 Å². The molecule has 0 rings (SSSR count). The number of alkyl halides is 3. The van der Waals surface area contributed by atoms with E-state index in [1.165, 1.54) is 0 Å². The molecule has 0 bridgehead atoms. The molecule has 2 N–H and O–H groups in total. The zero-order chi connectivity index (χ0) is 11.8. The van der Waals surface area contributed by atoms with Gasteiger partial charge in [-0.2, -0.15) is 21.6 Å². The lowest BCUT2D eigenvalue weighted by Gasteiger charge is -1.97. The van der Waals surface area contributed by atoms with Crippen molar-refractivity contribution in [3.63, 3.8) is 0 Å². The molecule has 4 nitrogen and oxygen atoms in total. The Morgan fingerprint density at radius 1 is 1.36 bits per heavy atom. The largest absolute Gasteiger partial charge is 0.522 e. The van der Waals surface area contributed by atoms with Crippen LogP contribution in [0.2, 0.25) is 0 Å². The fraction of sp³-hybridized carbons (Fsp3) is 0.667. The van der Waals surface area contributed by atoms with Gasteiger partial charge in [-0.25, -0.2) is 0 Å². The number of rotatable bonds is 3. The van der Waals surface area contributed by atoms with Gasteiger partial charge in [-0.1, -0.05) is 6.08 Å². The Hall–Kier alpha value is -0.600. The monoisotopic (exact) mass is 236 g/mol. The third kappa shape index (κ3) is 9.49. The van der Waals surface area contributed by atoms with Crippen molar-refractivity contribution in [3.8, 4) is 0 Å². The molecule has 0 radical (unpaired) electrons. The Labute approximate surface area is 79.8 Å². The molecule has 0 aliphatic rings. The Balaban J connectivity index is 0. The molecular weight excluding hydrogens is 225 g/mol. The van der Waals surface area contributed by atoms with E-state index in [0.717, 1.165) is 12.8 Å². The number of aliphatic hydroxyl groups is 1. The second kappa shape index (κ2) is 6.80. The first-order valence-corrected chi connectivity index (χ1v) is 4.86. The highest BCUT2D eigenvalue weighted by atomic mass is 32.2. The number of hydrogen-bond donors (Lipinski definition) is 2. The highest BCUT2D eigenvalue weighted by Crippen LogP contribution is 2.20. The molecule has 86 valence electrons. The molecule has 0 spiro atoms. The predicted molar refractivity (Wildman–Crippen MR) is 44.1 cm³/mol. The minimum Gasteiger partial charge on any atom is -0.396 e. The second-order valence-electron chi connectivity index (χ2n) is 2.08. The van der Waals surface area contributed by atoms with Crippen molar-refractivity contribution in [2.45, 2.75) is 18.3 Å². The van der Waals surface area contributed by atoms with Gasteiger partial charge in [0.1, 0.15) is 0 Å². The quantitative estimate of drug-likeness (QED) is 0.335. The van der Waals surface area contributed by atoms with Gasteiger partial charge in [0.2, 0.25) is 0 Å². The summed E-state index contributed by atoms with van der Waals surface area (Å²) in [5.74, 6) is 0. The Bertz CT molecular complexity index is 244. The van der Waals surface area contributed by atoms with Crippen LogP contribution < -0.4 is 0 Å². The zero-order valence-electron chi connectivity index (χ0n) is 7.16. The lowest BCUT2D eigenvalue weighted by Crippen LogP contribution is -2.21. The Kier molecular flexibility index (Phi) is 7.69. The summed E-state index contributed by atoms with van der Waals surface area (Å²) in [6, 6.07) is 0. The predicted octanol–water partition coefficient (Wildman–Crippen LogP) is 1.34. The molecular formula is C6H11F3O4S. The first kappa shape index (κ1) is 15.9. The number of aliphatic hydroxyl groups excluding tert-OH is 1. The van der Waals surface area contributed by atoms with Crippen LogP contribution in [0.15, 0.2) is 12.7 Å². The smallest absolute Gasteiger partial charge is 0.396 e. The highest BCUT2D eigenvalue weighted by Gasteiger charge is 2.44. The topological polar surface area (TPSA) is 74.6 Å². The van der Waals surface area contributed by atoms with Crippen molar-refractivity contribution in [1.82, 2.24) is 0 Å². The second-order valence-corrected chi connectivity index (χ2v) is 3.49. The molecule has 0 aliphatic heterocycles. The van der Waals surface area contributed by atoms with E-state index in [4.69, 9.17) is 18.1 Å². The molecule has 0 saturated carbocycles. The molecule has 8 heteroatoms. The van der Waals surface area contributed by atoms with Crippen molar-refractivity contribution >= 4 is 10.1 Å². The van der Waals surface area contributed by atoms with Gasteiger partial charge in [0.25, 0.3) is 0 Å². The number of hydrogen-bond acceptors (Lipinski definition) is 3. The summed E-state index contributed by atoms with van der Waals surface area (Å²) in [6.45, 7) is 3.77. The molecule has 0 unspecified atom stereocenters. The molecule has 0 aromatic heterocycles. The van der Waals surface area contributed by atoms with E-state index >= 15 is 0 Å². The van der Waals surface area contributed by atoms with Crippen LogP contribution in [0.1, 0.15) is 12.8 Å². The highest BCUT2D eigenvalue weighted by molar-refractivity contribution is 7.86. The number of unbranched alkanes of at least 4 members (excludes halogenated alkanes) is 1. The number of halogens is 3. The molecule has 0 aromatic rings. The van der Waals surface area contributed by atoms with Crippen LogP contribution in [0.3, 0.4) is 0 Å². The summed E-state index contributed by atoms with van der Waals surface area (Å²) in [6.07, 6.45) is 3.58. The summed E-state index contributed by atoms with van der Waals surface area (Å²) in [7, 11) is -5.84. The molecule has 0 aromatic carbocycles. The Morgan fingerprint density at radius 2 is 1.71 bits per heavy atom. The van der Waals surface area contributed by atoms with Gasteiger partial charge in [0.15, 0.2) is 0 Å². The maximum atomic E-state index is 10.7. The van der Waals surface area contributed by atoms with Crippen LogP contribution in [-0.2, 0) is 10.1 Å². The van der Waals surface area contributed by atoms with Gasteiger partial charge in [0.05, 0.1) is 0 Å². The van der Waals surface area contributed by atoms with E-state index < -0.39 is 15.6 Å². The minimum absolute atomic E-state index is 0.284. The molecule has 0 heterocycles. The van der Waals surface area contributed by atoms with E-state index in [-0.39, 0.29) is 6.61 Å². The van der Waals surface area contributed by atoms with Crippen molar-refractivity contribution in [2.24, 2.45) is 0 Å². The molecule has 0 aliphatic carbocycles. The summed E-state index contributed by atoms with van der Waals surface area (Å²) in [4.78, 5) is 0. The number of allylic oxidation sites excluding steroid dienone is 1. The van der Waals surface area contributed by atoms with Crippen LogP contribution in [-0.4, -0.2) is 30.2 Å². The van der Waals surface area contributed by atoms with Crippen molar-refractivity contribution in [2.75, 3.05) is 6.61 Å². The standard InChI is InChI=1S/C5H10O.CHF3O3S/c1-2-3-4-5-6;2-1(3,4)8(5,6)7/h2,6H,1,3-5H2;(H,5,6,7). The van der Waals surface area contributed by atoms with Crippen LogP contribution in [0, 0.1) is 0 Å². The van der Waals surface area contributed by atoms with Gasteiger partial charge in [-0.3, -0.25) is 4.55 Å². The van der Waals surface area contributed by atoms with E-state index in [1.807, 2.05) is 0 Å². The summed E-state index contributed by atoms with van der Waals surface area (Å²) in [5.41, 5.74) is -5.53. The van der Waals surface area contributed by atoms with Gasteiger partial charge in [-0.05, 0) is 12.8 Å². The van der Waals surface area contributed by atoms with Crippen LogP contribution >= 0.6 is 0 Å². The maximum absolute atomic E-state index is 10.7. The summed E-state index contributed by atoms with van der Waals surface area (Å²) >= 11 is 0. The normalized spacial score (nSPS) is 11.5. The Morgan fingerprint density at radius 3 is 1.79 bits per heavy atom. The average Bonchev–Trinajstić information content (AvgIpc) is 1.98. The molecule has 0 saturated heterocycles. The van der Waals surface area contributed by atoms with Gasteiger partial charge < -0.3 is 5.11 Å².